The average Bonchev–Trinajstić information content (AvgIpc) is 3.06. The molecule has 0 aliphatic carbocycles. The molecule has 7 heteroatoms. The smallest absolute Gasteiger partial charge is 0.340 e. The molecular formula is C20H19N3O4. The number of anilines is 1. The highest BCUT2D eigenvalue weighted by Gasteiger charge is 2.16. The number of fused-ring (bicyclic) bond motifs is 1. The first kappa shape index (κ1) is 18.2. The molecule has 2 amide bonds. The van der Waals surface area contributed by atoms with E-state index in [9.17, 15) is 14.4 Å². The number of amides is 2. The van der Waals surface area contributed by atoms with E-state index in [1.807, 2.05) is 24.3 Å². The molecule has 0 atom stereocenters. The molecule has 3 rings (SSSR count). The molecule has 0 saturated heterocycles. The molecule has 2 N–H and O–H groups in total. The Kier molecular flexibility index (Phi) is 5.21. The zero-order chi connectivity index (χ0) is 19.4. The summed E-state index contributed by atoms with van der Waals surface area (Å²) in [6.45, 7) is 0.0364. The van der Waals surface area contributed by atoms with E-state index in [1.165, 1.54) is 7.11 Å². The molecule has 0 bridgehead atoms. The molecule has 0 unspecified atom stereocenters. The van der Waals surface area contributed by atoms with Gasteiger partial charge in [0.1, 0.15) is 6.54 Å². The van der Waals surface area contributed by atoms with Gasteiger partial charge in [0.15, 0.2) is 0 Å². The summed E-state index contributed by atoms with van der Waals surface area (Å²) in [5, 5.41) is 6.05. The van der Waals surface area contributed by atoms with Gasteiger partial charge in [0, 0.05) is 35.4 Å². The largest absolute Gasteiger partial charge is 0.465 e. The van der Waals surface area contributed by atoms with Crippen LogP contribution in [0.1, 0.15) is 20.7 Å². The second-order valence-electron chi connectivity index (χ2n) is 5.88. The molecule has 0 spiro atoms. The van der Waals surface area contributed by atoms with Crippen molar-refractivity contribution in [1.29, 1.82) is 0 Å². The van der Waals surface area contributed by atoms with Crippen LogP contribution in [0.4, 0.5) is 5.69 Å². The summed E-state index contributed by atoms with van der Waals surface area (Å²) in [7, 11) is 2.88. The predicted molar refractivity (Wildman–Crippen MR) is 102 cm³/mol. The number of benzene rings is 2. The fourth-order valence-electron chi connectivity index (χ4n) is 2.85. The Bertz CT molecular complexity index is 1010. The molecule has 3 aromatic rings. The van der Waals surface area contributed by atoms with Crippen molar-refractivity contribution in [1.82, 2.24) is 9.88 Å². The lowest BCUT2D eigenvalue weighted by Gasteiger charge is -2.08. The van der Waals surface area contributed by atoms with E-state index in [-0.39, 0.29) is 18.4 Å². The Hall–Kier alpha value is -3.61. The highest BCUT2D eigenvalue weighted by Crippen LogP contribution is 2.22. The van der Waals surface area contributed by atoms with E-state index in [1.54, 1.807) is 42.1 Å². The van der Waals surface area contributed by atoms with Gasteiger partial charge in [0.2, 0.25) is 5.91 Å². The first-order valence-electron chi connectivity index (χ1n) is 8.31. The van der Waals surface area contributed by atoms with Crippen molar-refractivity contribution in [3.63, 3.8) is 0 Å². The SMILES string of the molecule is CNC(=O)c1ccc(NC(=O)Cn2cc(C(=O)OC)c3ccccc32)cc1. The lowest BCUT2D eigenvalue weighted by molar-refractivity contribution is -0.116. The molecule has 138 valence electrons. The summed E-state index contributed by atoms with van der Waals surface area (Å²) < 4.78 is 6.52. The standard InChI is InChI=1S/C20H19N3O4/c1-21-19(25)13-7-9-14(10-8-13)22-18(24)12-23-11-16(20(26)27-2)15-5-3-4-6-17(15)23/h3-11H,12H2,1-2H3,(H,21,25)(H,22,24). The van der Waals surface area contributed by atoms with Crippen LogP contribution in [0.2, 0.25) is 0 Å². The molecule has 0 radical (unpaired) electrons. The van der Waals surface area contributed by atoms with Gasteiger partial charge < -0.3 is 19.9 Å². The van der Waals surface area contributed by atoms with Gasteiger partial charge in [0.05, 0.1) is 12.7 Å². The van der Waals surface area contributed by atoms with Crippen molar-refractivity contribution in [2.45, 2.75) is 6.54 Å². The molecule has 7 nitrogen and oxygen atoms in total. The molecule has 1 aromatic heterocycles. The van der Waals surface area contributed by atoms with Gasteiger partial charge in [-0.05, 0) is 30.3 Å². The fourth-order valence-corrected chi connectivity index (χ4v) is 2.85. The molecule has 27 heavy (non-hydrogen) atoms. The highest BCUT2D eigenvalue weighted by atomic mass is 16.5. The van der Waals surface area contributed by atoms with Gasteiger partial charge in [-0.2, -0.15) is 0 Å². The maximum Gasteiger partial charge on any atom is 0.340 e. The summed E-state index contributed by atoms with van der Waals surface area (Å²) in [6, 6.07) is 13.9. The number of methoxy groups -OCH3 is 1. The molecular weight excluding hydrogens is 346 g/mol. The Labute approximate surface area is 155 Å². The van der Waals surface area contributed by atoms with Crippen LogP contribution in [0.25, 0.3) is 10.9 Å². The van der Waals surface area contributed by atoms with Crippen molar-refractivity contribution in [3.8, 4) is 0 Å². The summed E-state index contributed by atoms with van der Waals surface area (Å²) >= 11 is 0. The average molecular weight is 365 g/mol. The molecule has 0 aliphatic rings. The van der Waals surface area contributed by atoms with Crippen molar-refractivity contribution in [3.05, 3.63) is 65.9 Å². The highest BCUT2D eigenvalue weighted by molar-refractivity contribution is 6.05. The number of hydrogen-bond donors (Lipinski definition) is 2. The minimum Gasteiger partial charge on any atom is -0.465 e. The van der Waals surface area contributed by atoms with Crippen LogP contribution < -0.4 is 10.6 Å². The zero-order valence-electron chi connectivity index (χ0n) is 15.0. The van der Waals surface area contributed by atoms with Gasteiger partial charge >= 0.3 is 5.97 Å². The van der Waals surface area contributed by atoms with Crippen LogP contribution in [-0.2, 0) is 16.1 Å². The van der Waals surface area contributed by atoms with Gasteiger partial charge in [-0.1, -0.05) is 18.2 Å². The second-order valence-corrected chi connectivity index (χ2v) is 5.88. The third kappa shape index (κ3) is 3.82. The van der Waals surface area contributed by atoms with Crippen LogP contribution in [0.3, 0.4) is 0 Å². The molecule has 2 aromatic carbocycles. The van der Waals surface area contributed by atoms with E-state index in [2.05, 4.69) is 10.6 Å². The van der Waals surface area contributed by atoms with Crippen LogP contribution >= 0.6 is 0 Å². The third-order valence-electron chi connectivity index (χ3n) is 4.17. The molecule has 1 heterocycles. The van der Waals surface area contributed by atoms with E-state index in [4.69, 9.17) is 4.74 Å². The monoisotopic (exact) mass is 365 g/mol. The summed E-state index contributed by atoms with van der Waals surface area (Å²) in [5.41, 5.74) is 2.27. The van der Waals surface area contributed by atoms with Gasteiger partial charge in [0.25, 0.3) is 5.91 Å². The number of esters is 1. The predicted octanol–water partition coefficient (Wildman–Crippen LogP) is 2.43. The van der Waals surface area contributed by atoms with Crippen LogP contribution in [0.15, 0.2) is 54.7 Å². The van der Waals surface area contributed by atoms with Crippen LogP contribution in [-0.4, -0.2) is 36.5 Å². The number of nitrogens with one attached hydrogen (secondary N) is 2. The van der Waals surface area contributed by atoms with Gasteiger partial charge in [-0.15, -0.1) is 0 Å². The summed E-state index contributed by atoms with van der Waals surface area (Å²) in [4.78, 5) is 35.9. The fraction of sp³-hybridized carbons (Fsp3) is 0.150. The maximum absolute atomic E-state index is 12.4. The van der Waals surface area contributed by atoms with E-state index < -0.39 is 5.97 Å². The summed E-state index contributed by atoms with van der Waals surface area (Å²) in [5.74, 6) is -0.892. The third-order valence-corrected chi connectivity index (χ3v) is 4.17. The number of rotatable bonds is 5. The Morgan fingerprint density at radius 1 is 1.04 bits per heavy atom. The van der Waals surface area contributed by atoms with Crippen molar-refractivity contribution < 1.29 is 19.1 Å². The number of para-hydroxylation sites is 1. The Morgan fingerprint density at radius 3 is 2.41 bits per heavy atom. The summed E-state index contributed by atoms with van der Waals surface area (Å²) in [6.07, 6.45) is 1.62. The first-order valence-corrected chi connectivity index (χ1v) is 8.31. The Morgan fingerprint density at radius 2 is 1.74 bits per heavy atom. The van der Waals surface area contributed by atoms with Crippen molar-refractivity contribution in [2.24, 2.45) is 0 Å². The van der Waals surface area contributed by atoms with Gasteiger partial charge in [-0.3, -0.25) is 9.59 Å². The van der Waals surface area contributed by atoms with Crippen LogP contribution in [0.5, 0.6) is 0 Å². The number of carbonyl (C=O) groups is 3. The van der Waals surface area contributed by atoms with Gasteiger partial charge in [-0.25, -0.2) is 4.79 Å². The number of hydrogen-bond acceptors (Lipinski definition) is 4. The van der Waals surface area contributed by atoms with E-state index in [0.717, 1.165) is 10.9 Å². The number of ether oxygens (including phenoxy) is 1. The molecule has 0 aliphatic heterocycles. The maximum atomic E-state index is 12.4. The minimum absolute atomic E-state index is 0.0364. The van der Waals surface area contributed by atoms with Crippen molar-refractivity contribution in [2.75, 3.05) is 19.5 Å². The minimum atomic E-state index is -0.449. The zero-order valence-corrected chi connectivity index (χ0v) is 15.0. The van der Waals surface area contributed by atoms with E-state index in [0.29, 0.717) is 16.8 Å². The second kappa shape index (κ2) is 7.74. The van der Waals surface area contributed by atoms with E-state index >= 15 is 0 Å². The Balaban J connectivity index is 1.78. The first-order chi connectivity index (χ1) is 13.0. The quantitative estimate of drug-likeness (QED) is 0.680. The topological polar surface area (TPSA) is 89.4 Å². The number of nitrogens with zero attached hydrogens (tertiary/aromatic N) is 1. The lowest BCUT2D eigenvalue weighted by atomic mass is 10.2. The number of aromatic nitrogens is 1. The normalized spacial score (nSPS) is 10.4. The molecule has 0 fully saturated rings. The number of carbonyl (C=O) groups excluding carboxylic acids is 3. The van der Waals surface area contributed by atoms with Crippen molar-refractivity contribution >= 4 is 34.4 Å². The molecule has 0 saturated carbocycles. The lowest BCUT2D eigenvalue weighted by Crippen LogP contribution is -2.19. The van der Waals surface area contributed by atoms with Crippen LogP contribution in [0, 0.1) is 0 Å².